The van der Waals surface area contributed by atoms with E-state index in [9.17, 15) is 35.5 Å². The average Bonchev–Trinajstić information content (AvgIpc) is 3.08. The summed E-state index contributed by atoms with van der Waals surface area (Å²) in [6.07, 6.45) is 2.71. The molecule has 1 aliphatic rings. The van der Waals surface area contributed by atoms with Crippen molar-refractivity contribution in [2.24, 2.45) is 0 Å². The first kappa shape index (κ1) is 35.0. The highest BCUT2D eigenvalue weighted by Crippen LogP contribution is 2.40. The number of nitrogens with zero attached hydrogens (tertiary/aromatic N) is 1. The second kappa shape index (κ2) is 16.6. The Morgan fingerprint density at radius 2 is 1.49 bits per heavy atom. The molecule has 4 nitrogen and oxygen atoms in total. The fraction of sp³-hybridized carbons (Fsp3) is 0.576. The van der Waals surface area contributed by atoms with Crippen LogP contribution >= 0.6 is 0 Å². The van der Waals surface area contributed by atoms with Gasteiger partial charge in [-0.2, -0.15) is 13.2 Å². The molecule has 0 aliphatic heterocycles. The summed E-state index contributed by atoms with van der Waals surface area (Å²) in [7, 11) is -1.31. The highest BCUT2D eigenvalue weighted by molar-refractivity contribution is 7.91. The number of phenolic OH excluding ortho intramolecular Hbond substituents is 1. The number of hydrogen-bond acceptors (Lipinski definition) is 4. The lowest BCUT2D eigenvalue weighted by molar-refractivity contribution is -0.135. The number of aryl methyl sites for hydroxylation is 1. The lowest BCUT2D eigenvalue weighted by Gasteiger charge is -2.18. The molecule has 0 aromatic heterocycles. The van der Waals surface area contributed by atoms with Gasteiger partial charge in [-0.1, -0.05) is 25.3 Å². The molecule has 1 aliphatic carbocycles. The highest BCUT2D eigenvalue weighted by Gasteiger charge is 2.26. The van der Waals surface area contributed by atoms with E-state index >= 15 is 0 Å². The van der Waals surface area contributed by atoms with Crippen LogP contribution in [0.1, 0.15) is 93.7 Å². The van der Waals surface area contributed by atoms with Crippen LogP contribution in [0.25, 0.3) is 11.1 Å². The smallest absolute Gasteiger partial charge is 0.389 e. The fourth-order valence-corrected chi connectivity index (χ4v) is 7.21. The number of fused-ring (bicyclic) bond motifs is 1. The first-order chi connectivity index (χ1) is 20.3. The third kappa shape index (κ3) is 12.2. The topological polar surface area (TPSA) is 57.6 Å². The molecule has 0 radical (unpaired) electrons. The maximum absolute atomic E-state index is 14.8. The molecule has 0 spiro atoms. The summed E-state index contributed by atoms with van der Waals surface area (Å²) >= 11 is 0. The maximum atomic E-state index is 14.8. The third-order valence-corrected chi connectivity index (χ3v) is 9.86. The largest absolute Gasteiger partial charge is 0.508 e. The van der Waals surface area contributed by atoms with Gasteiger partial charge in [0.15, 0.2) is 0 Å². The van der Waals surface area contributed by atoms with Crippen molar-refractivity contribution < 1.29 is 35.5 Å². The Labute approximate surface area is 252 Å². The Morgan fingerprint density at radius 3 is 2.23 bits per heavy atom. The summed E-state index contributed by atoms with van der Waals surface area (Å²) < 4.78 is 89.5. The molecule has 0 bridgehead atoms. The van der Waals surface area contributed by atoms with Gasteiger partial charge in [-0.15, -0.1) is 0 Å². The normalized spacial score (nSPS) is 14.3. The van der Waals surface area contributed by atoms with Crippen molar-refractivity contribution in [2.45, 2.75) is 89.6 Å². The number of alkyl halides is 3. The molecule has 3 rings (SSSR count). The molecule has 1 N–H and O–H groups in total. The van der Waals surface area contributed by atoms with Crippen molar-refractivity contribution in [2.75, 3.05) is 31.6 Å². The summed E-state index contributed by atoms with van der Waals surface area (Å²) in [5.74, 6) is -0.983. The van der Waals surface area contributed by atoms with Crippen LogP contribution in [-0.2, 0) is 16.3 Å². The van der Waals surface area contributed by atoms with E-state index in [0.717, 1.165) is 79.8 Å². The van der Waals surface area contributed by atoms with E-state index in [4.69, 9.17) is 0 Å². The molecule has 0 amide bonds. The fourth-order valence-electron chi connectivity index (χ4n) is 5.80. The van der Waals surface area contributed by atoms with E-state index in [1.54, 1.807) is 12.1 Å². The highest BCUT2D eigenvalue weighted by atomic mass is 32.2. The molecule has 0 saturated carbocycles. The van der Waals surface area contributed by atoms with Gasteiger partial charge in [-0.25, -0.2) is 17.2 Å². The predicted octanol–water partition coefficient (Wildman–Crippen LogP) is 8.73. The first-order valence-corrected chi connectivity index (χ1v) is 17.1. The summed E-state index contributed by atoms with van der Waals surface area (Å²) in [6.45, 7) is 1.46. The maximum Gasteiger partial charge on any atom is 0.389 e. The minimum atomic E-state index is -4.19. The van der Waals surface area contributed by atoms with Gasteiger partial charge in [-0.05, 0) is 124 Å². The monoisotopic (exact) mass is 629 g/mol. The van der Waals surface area contributed by atoms with Crippen molar-refractivity contribution in [3.63, 3.8) is 0 Å². The number of unbranched alkanes of at least 4 members (excludes halogenated alkanes) is 5. The van der Waals surface area contributed by atoms with Crippen molar-refractivity contribution in [3.05, 3.63) is 64.7 Å². The van der Waals surface area contributed by atoms with Crippen LogP contribution in [0.3, 0.4) is 0 Å². The number of hydrogen-bond donors (Lipinski definition) is 1. The first-order valence-electron chi connectivity index (χ1n) is 15.3. The second-order valence-corrected chi connectivity index (χ2v) is 14.0. The minimum absolute atomic E-state index is 0.0365. The zero-order chi connectivity index (χ0) is 31.5. The van der Waals surface area contributed by atoms with Crippen molar-refractivity contribution in [1.29, 1.82) is 0 Å². The summed E-state index contributed by atoms with van der Waals surface area (Å²) in [4.78, 5) is 2.10. The van der Waals surface area contributed by atoms with Gasteiger partial charge in [0.05, 0.1) is 11.5 Å². The Bertz CT molecular complexity index is 1320. The average molecular weight is 630 g/mol. The summed E-state index contributed by atoms with van der Waals surface area (Å²) in [5, 5.41) is 10.0. The number of sulfone groups is 1. The molecule has 10 heteroatoms. The van der Waals surface area contributed by atoms with E-state index in [1.165, 1.54) is 12.1 Å². The van der Waals surface area contributed by atoms with Crippen LogP contribution in [-0.4, -0.2) is 56.2 Å². The quantitative estimate of drug-likeness (QED) is 0.140. The number of rotatable bonds is 17. The van der Waals surface area contributed by atoms with Gasteiger partial charge in [0.25, 0.3) is 0 Å². The Kier molecular flexibility index (Phi) is 13.5. The Hall–Kier alpha value is -2.46. The molecule has 43 heavy (non-hydrogen) atoms. The third-order valence-electron chi connectivity index (χ3n) is 8.03. The van der Waals surface area contributed by atoms with E-state index in [2.05, 4.69) is 4.90 Å². The lowest BCUT2D eigenvalue weighted by atomic mass is 9.88. The van der Waals surface area contributed by atoms with Gasteiger partial charge >= 0.3 is 6.18 Å². The zero-order valence-electron chi connectivity index (χ0n) is 25.0. The molecule has 0 atom stereocenters. The molecule has 240 valence electrons. The SMILES string of the molecule is CN(CCCCCCC1=C(c2ccc(F)cc2F)CCCc2cc(O)ccc21)CCCS(=O)(=O)CCCCCC(F)(F)F. The molecule has 0 fully saturated rings. The van der Waals surface area contributed by atoms with E-state index < -0.39 is 34.1 Å². The van der Waals surface area contributed by atoms with Crippen molar-refractivity contribution in [3.8, 4) is 5.75 Å². The minimum Gasteiger partial charge on any atom is -0.508 e. The van der Waals surface area contributed by atoms with Crippen LogP contribution in [0.15, 0.2) is 36.4 Å². The number of halogens is 5. The van der Waals surface area contributed by atoms with E-state index in [1.807, 2.05) is 13.1 Å². The lowest BCUT2D eigenvalue weighted by Crippen LogP contribution is -2.23. The van der Waals surface area contributed by atoms with Gasteiger partial charge < -0.3 is 10.0 Å². The molecule has 2 aromatic rings. The number of phenols is 1. The molecule has 0 saturated heterocycles. The standard InChI is InChI=1S/C33H44F5NO3S/c1-39(20-10-22-43(41,42)21-8-4-6-18-33(36,37)38)19-7-3-2-5-12-29-28-17-15-27(40)23-25(28)11-9-13-30(29)31-16-14-26(34)24-32(31)35/h14-17,23-24,40H,2-13,18-22H2,1H3. The molecule has 0 heterocycles. The van der Waals surface area contributed by atoms with Crippen LogP contribution in [0.2, 0.25) is 0 Å². The Balaban J connectivity index is 1.43. The molecule has 0 unspecified atom stereocenters. The second-order valence-electron chi connectivity index (χ2n) is 11.7. The van der Waals surface area contributed by atoms with Gasteiger partial charge in [0.1, 0.15) is 27.2 Å². The van der Waals surface area contributed by atoms with E-state index in [-0.39, 0.29) is 36.5 Å². The van der Waals surface area contributed by atoms with E-state index in [0.29, 0.717) is 24.9 Å². The van der Waals surface area contributed by atoms with Gasteiger partial charge in [0.2, 0.25) is 0 Å². The van der Waals surface area contributed by atoms with Crippen molar-refractivity contribution >= 4 is 21.0 Å². The van der Waals surface area contributed by atoms with Crippen molar-refractivity contribution in [1.82, 2.24) is 4.90 Å². The number of benzene rings is 2. The Morgan fingerprint density at radius 1 is 0.814 bits per heavy atom. The van der Waals surface area contributed by atoms with Crippen LogP contribution in [0.5, 0.6) is 5.75 Å². The molecule has 2 aromatic carbocycles. The van der Waals surface area contributed by atoms with Crippen LogP contribution in [0, 0.1) is 11.6 Å². The number of aromatic hydroxyl groups is 1. The molecular weight excluding hydrogens is 585 g/mol. The molecular formula is C33H44F5NO3S. The van der Waals surface area contributed by atoms with Gasteiger partial charge in [-0.3, -0.25) is 0 Å². The summed E-state index contributed by atoms with van der Waals surface area (Å²) in [5.41, 5.74) is 4.44. The van der Waals surface area contributed by atoms with Gasteiger partial charge in [0, 0.05) is 18.1 Å². The van der Waals surface area contributed by atoms with Crippen LogP contribution in [0.4, 0.5) is 22.0 Å². The zero-order valence-corrected chi connectivity index (χ0v) is 25.8. The van der Waals surface area contributed by atoms with Crippen LogP contribution < -0.4 is 0 Å². The summed E-state index contributed by atoms with van der Waals surface area (Å²) in [6, 6.07) is 9.07. The number of allylic oxidation sites excluding steroid dienone is 2. The predicted molar refractivity (Wildman–Crippen MR) is 163 cm³/mol.